The summed E-state index contributed by atoms with van der Waals surface area (Å²) in [4.78, 5) is 5.23. The molecule has 2 fully saturated rings. The lowest BCUT2D eigenvalue weighted by Gasteiger charge is -2.38. The van der Waals surface area contributed by atoms with Gasteiger partial charge in [0.25, 0.3) is 0 Å². The minimum absolute atomic E-state index is 0.732. The van der Waals surface area contributed by atoms with Gasteiger partial charge in [0.15, 0.2) is 0 Å². The Morgan fingerprint density at radius 2 is 1.86 bits per heavy atom. The minimum atomic E-state index is 0.732. The molecule has 1 aromatic rings. The maximum Gasteiger partial charge on any atom is 0.208 e. The van der Waals surface area contributed by atoms with Gasteiger partial charge in [0.05, 0.1) is 0 Å². The summed E-state index contributed by atoms with van der Waals surface area (Å²) in [5.41, 5.74) is 0. The molecule has 1 unspecified atom stereocenters. The maximum absolute atomic E-state index is 4.43. The van der Waals surface area contributed by atoms with E-state index in [0.717, 1.165) is 37.1 Å². The summed E-state index contributed by atoms with van der Waals surface area (Å²) >= 11 is 1.80. The van der Waals surface area contributed by atoms with Gasteiger partial charge >= 0.3 is 0 Å². The molecular formula is C16H28N4S. The lowest BCUT2D eigenvalue weighted by atomic mass is 10.0. The van der Waals surface area contributed by atoms with E-state index in [1.807, 2.05) is 0 Å². The fourth-order valence-electron chi connectivity index (χ4n) is 3.57. The van der Waals surface area contributed by atoms with E-state index in [1.165, 1.54) is 56.6 Å². The van der Waals surface area contributed by atoms with Crippen molar-refractivity contribution in [2.75, 3.05) is 31.1 Å². The Balaban J connectivity index is 1.61. The van der Waals surface area contributed by atoms with Gasteiger partial charge in [0.1, 0.15) is 5.01 Å². The first-order chi connectivity index (χ1) is 10.4. The zero-order valence-electron chi connectivity index (χ0n) is 13.3. The van der Waals surface area contributed by atoms with E-state index in [4.69, 9.17) is 0 Å². The van der Waals surface area contributed by atoms with Crippen molar-refractivity contribution in [3.05, 3.63) is 5.01 Å². The Hall–Kier alpha value is -0.680. The third-order valence-corrected chi connectivity index (χ3v) is 5.79. The zero-order valence-corrected chi connectivity index (χ0v) is 14.1. The molecule has 1 atom stereocenters. The van der Waals surface area contributed by atoms with Crippen LogP contribution >= 0.6 is 11.3 Å². The summed E-state index contributed by atoms with van der Waals surface area (Å²) < 4.78 is 0. The molecule has 0 aromatic carbocycles. The van der Waals surface area contributed by atoms with Gasteiger partial charge in [-0.25, -0.2) is 0 Å². The van der Waals surface area contributed by atoms with Crippen LogP contribution in [0.5, 0.6) is 0 Å². The van der Waals surface area contributed by atoms with Crippen molar-refractivity contribution in [1.82, 2.24) is 15.1 Å². The van der Waals surface area contributed by atoms with Crippen LogP contribution in [-0.2, 0) is 6.42 Å². The topological polar surface area (TPSA) is 32.3 Å². The van der Waals surface area contributed by atoms with Gasteiger partial charge in [-0.05, 0) is 45.2 Å². The maximum atomic E-state index is 4.43. The van der Waals surface area contributed by atoms with E-state index in [1.54, 1.807) is 11.3 Å². The molecule has 0 amide bonds. The van der Waals surface area contributed by atoms with Gasteiger partial charge < -0.3 is 4.90 Å². The van der Waals surface area contributed by atoms with E-state index in [-0.39, 0.29) is 0 Å². The molecule has 0 saturated carbocycles. The zero-order chi connectivity index (χ0) is 14.5. The first kappa shape index (κ1) is 15.2. The fraction of sp³-hybridized carbons (Fsp3) is 0.875. The van der Waals surface area contributed by atoms with Crippen LogP contribution in [0.3, 0.4) is 0 Å². The second-order valence-corrected chi connectivity index (χ2v) is 7.46. The Kier molecular flexibility index (Phi) is 5.47. The number of piperidine rings is 1. The summed E-state index contributed by atoms with van der Waals surface area (Å²) in [6.45, 7) is 7.12. The molecule has 4 nitrogen and oxygen atoms in total. The van der Waals surface area contributed by atoms with Crippen LogP contribution < -0.4 is 4.90 Å². The first-order valence-electron chi connectivity index (χ1n) is 8.68. The van der Waals surface area contributed by atoms with E-state index in [0.29, 0.717) is 0 Å². The van der Waals surface area contributed by atoms with Crippen molar-refractivity contribution in [3.8, 4) is 0 Å². The molecule has 0 N–H and O–H groups in total. The summed E-state index contributed by atoms with van der Waals surface area (Å²) in [6, 6.07) is 0.732. The molecule has 1 aromatic heterocycles. The molecule has 2 saturated heterocycles. The second kappa shape index (κ2) is 7.54. The molecule has 3 heterocycles. The number of hydrogen-bond donors (Lipinski definition) is 0. The molecule has 3 rings (SSSR count). The highest BCUT2D eigenvalue weighted by Crippen LogP contribution is 2.27. The average Bonchev–Trinajstić information content (AvgIpc) is 2.82. The van der Waals surface area contributed by atoms with Gasteiger partial charge in [-0.2, -0.15) is 0 Å². The quantitative estimate of drug-likeness (QED) is 0.854. The fourth-order valence-corrected chi connectivity index (χ4v) is 4.55. The lowest BCUT2D eigenvalue weighted by Crippen LogP contribution is -2.48. The molecule has 5 heteroatoms. The largest absolute Gasteiger partial charge is 0.345 e. The molecule has 0 aliphatic carbocycles. The molecular weight excluding hydrogens is 280 g/mol. The Morgan fingerprint density at radius 1 is 1.05 bits per heavy atom. The SMILES string of the molecule is CCCc1nnc(N2CCCC(N3CCCCCC3)C2)s1. The Labute approximate surface area is 132 Å². The van der Waals surface area contributed by atoms with Gasteiger partial charge in [0.2, 0.25) is 5.13 Å². The first-order valence-corrected chi connectivity index (χ1v) is 9.50. The molecule has 118 valence electrons. The molecule has 0 radical (unpaired) electrons. The van der Waals surface area contributed by atoms with Crippen LogP contribution in [0, 0.1) is 0 Å². The van der Waals surface area contributed by atoms with E-state index in [9.17, 15) is 0 Å². The summed E-state index contributed by atoms with van der Waals surface area (Å²) in [6.07, 6.45) is 10.5. The van der Waals surface area contributed by atoms with Gasteiger partial charge in [-0.3, -0.25) is 4.90 Å². The number of aromatic nitrogens is 2. The number of aryl methyl sites for hydroxylation is 1. The monoisotopic (exact) mass is 308 g/mol. The highest BCUT2D eigenvalue weighted by atomic mass is 32.1. The van der Waals surface area contributed by atoms with Crippen LogP contribution in [0.15, 0.2) is 0 Å². The Morgan fingerprint density at radius 3 is 2.62 bits per heavy atom. The molecule has 2 aliphatic heterocycles. The van der Waals surface area contributed by atoms with Crippen LogP contribution in [0.4, 0.5) is 5.13 Å². The average molecular weight is 308 g/mol. The van der Waals surface area contributed by atoms with Crippen molar-refractivity contribution >= 4 is 16.5 Å². The van der Waals surface area contributed by atoms with Crippen LogP contribution in [0.25, 0.3) is 0 Å². The smallest absolute Gasteiger partial charge is 0.208 e. The van der Waals surface area contributed by atoms with Crippen molar-refractivity contribution in [2.24, 2.45) is 0 Å². The third-order valence-electron chi connectivity index (χ3n) is 4.74. The van der Waals surface area contributed by atoms with Crippen LogP contribution in [-0.4, -0.2) is 47.3 Å². The summed E-state index contributed by atoms with van der Waals surface area (Å²) in [5, 5.41) is 11.1. The van der Waals surface area contributed by atoms with Crippen molar-refractivity contribution in [2.45, 2.75) is 64.3 Å². The summed E-state index contributed by atoms with van der Waals surface area (Å²) in [7, 11) is 0. The normalized spacial score (nSPS) is 25.0. The highest BCUT2D eigenvalue weighted by molar-refractivity contribution is 7.15. The molecule has 0 bridgehead atoms. The van der Waals surface area contributed by atoms with E-state index in [2.05, 4.69) is 26.9 Å². The second-order valence-electron chi connectivity index (χ2n) is 6.42. The van der Waals surface area contributed by atoms with Gasteiger partial charge in [-0.15, -0.1) is 10.2 Å². The van der Waals surface area contributed by atoms with E-state index < -0.39 is 0 Å². The van der Waals surface area contributed by atoms with Gasteiger partial charge in [0, 0.05) is 25.6 Å². The predicted octanol–water partition coefficient (Wildman–Crippen LogP) is 3.34. The van der Waals surface area contributed by atoms with Gasteiger partial charge in [-0.1, -0.05) is 31.1 Å². The van der Waals surface area contributed by atoms with Crippen molar-refractivity contribution in [3.63, 3.8) is 0 Å². The van der Waals surface area contributed by atoms with Crippen molar-refractivity contribution in [1.29, 1.82) is 0 Å². The number of rotatable bonds is 4. The predicted molar refractivity (Wildman–Crippen MR) is 89.2 cm³/mol. The van der Waals surface area contributed by atoms with Crippen LogP contribution in [0.1, 0.15) is 56.9 Å². The Bertz CT molecular complexity index is 426. The number of likely N-dealkylation sites (tertiary alicyclic amines) is 1. The van der Waals surface area contributed by atoms with Crippen LogP contribution in [0.2, 0.25) is 0 Å². The molecule has 0 spiro atoms. The number of anilines is 1. The summed E-state index contributed by atoms with van der Waals surface area (Å²) in [5.74, 6) is 0. The standard InChI is InChI=1S/C16H28N4S/c1-2-8-15-17-18-16(21-15)20-12-7-9-14(13-20)19-10-5-3-4-6-11-19/h14H,2-13H2,1H3. The number of hydrogen-bond acceptors (Lipinski definition) is 5. The number of nitrogens with zero attached hydrogens (tertiary/aromatic N) is 4. The van der Waals surface area contributed by atoms with E-state index >= 15 is 0 Å². The third kappa shape index (κ3) is 3.95. The lowest BCUT2D eigenvalue weighted by molar-refractivity contribution is 0.182. The molecule has 2 aliphatic rings. The van der Waals surface area contributed by atoms with Crippen molar-refractivity contribution < 1.29 is 0 Å². The molecule has 21 heavy (non-hydrogen) atoms. The minimum Gasteiger partial charge on any atom is -0.345 e. The highest BCUT2D eigenvalue weighted by Gasteiger charge is 2.27.